The summed E-state index contributed by atoms with van der Waals surface area (Å²) in [6.45, 7) is 0. The topological polar surface area (TPSA) is 62.5 Å². The van der Waals surface area contributed by atoms with Gasteiger partial charge in [0.2, 0.25) is 16.0 Å². The van der Waals surface area contributed by atoms with Gasteiger partial charge in [-0.2, -0.15) is 0 Å². The van der Waals surface area contributed by atoms with E-state index >= 15 is 0 Å². The lowest BCUT2D eigenvalue weighted by molar-refractivity contribution is -0.117. The number of nitrogens with zero attached hydrogens (tertiary/aromatic N) is 4. The molecule has 0 aliphatic carbocycles. The van der Waals surface area contributed by atoms with E-state index in [1.165, 1.54) is 11.3 Å². The van der Waals surface area contributed by atoms with Crippen LogP contribution < -0.4 is 10.2 Å². The summed E-state index contributed by atoms with van der Waals surface area (Å²) in [5, 5.41) is 9.31. The second-order valence-electron chi connectivity index (χ2n) is 6.37. The highest BCUT2D eigenvalue weighted by Gasteiger charge is 2.24. The van der Waals surface area contributed by atoms with Crippen LogP contribution in [-0.4, -0.2) is 27.6 Å². The van der Waals surface area contributed by atoms with E-state index in [1.54, 1.807) is 16.5 Å². The summed E-state index contributed by atoms with van der Waals surface area (Å²) in [5.41, 5.74) is 4.76. The molecule has 6 nitrogen and oxygen atoms in total. The van der Waals surface area contributed by atoms with Crippen molar-refractivity contribution in [2.75, 3.05) is 17.3 Å². The van der Waals surface area contributed by atoms with Crippen LogP contribution in [0.25, 0.3) is 16.2 Å². The molecular formula is C19H14ClN5OS. The van der Waals surface area contributed by atoms with Gasteiger partial charge in [-0.15, -0.1) is 5.10 Å². The fourth-order valence-corrected chi connectivity index (χ4v) is 4.11. The Labute approximate surface area is 164 Å². The number of hydrogen-bond donors (Lipinski definition) is 1. The van der Waals surface area contributed by atoms with Crippen LogP contribution in [0.5, 0.6) is 0 Å². The van der Waals surface area contributed by atoms with Gasteiger partial charge < -0.3 is 10.2 Å². The Morgan fingerprint density at radius 2 is 2.00 bits per heavy atom. The van der Waals surface area contributed by atoms with E-state index in [1.807, 2.05) is 48.7 Å². The van der Waals surface area contributed by atoms with Gasteiger partial charge in [-0.05, 0) is 35.9 Å². The van der Waals surface area contributed by atoms with Crippen molar-refractivity contribution in [3.8, 4) is 11.3 Å². The molecule has 1 aliphatic rings. The predicted molar refractivity (Wildman–Crippen MR) is 108 cm³/mol. The number of rotatable bonds is 3. The number of halogens is 1. The Kier molecular flexibility index (Phi) is 3.66. The van der Waals surface area contributed by atoms with Gasteiger partial charge in [-0.1, -0.05) is 35.1 Å². The molecule has 0 fully saturated rings. The van der Waals surface area contributed by atoms with E-state index in [4.69, 9.17) is 11.6 Å². The first kappa shape index (κ1) is 16.3. The average Bonchev–Trinajstić information content (AvgIpc) is 3.28. The number of anilines is 3. The van der Waals surface area contributed by atoms with Crippen molar-refractivity contribution in [1.82, 2.24) is 14.6 Å². The summed E-state index contributed by atoms with van der Waals surface area (Å²) in [6.07, 6.45) is 2.34. The van der Waals surface area contributed by atoms with E-state index in [-0.39, 0.29) is 5.91 Å². The molecule has 4 aromatic rings. The smallest absolute Gasteiger partial charge is 0.231 e. The molecule has 1 aliphatic heterocycles. The van der Waals surface area contributed by atoms with Crippen molar-refractivity contribution >= 4 is 50.3 Å². The number of amides is 1. The minimum atomic E-state index is 0.115. The fraction of sp³-hybridized carbons (Fsp3) is 0.105. The third-order valence-electron chi connectivity index (χ3n) is 4.59. The molecule has 0 unspecified atom stereocenters. The summed E-state index contributed by atoms with van der Waals surface area (Å²) < 4.78 is 1.77. The lowest BCUT2D eigenvalue weighted by atomic mass is 10.1. The number of fused-ring (bicyclic) bond motifs is 2. The summed E-state index contributed by atoms with van der Waals surface area (Å²) >= 11 is 7.41. The van der Waals surface area contributed by atoms with Gasteiger partial charge in [0.25, 0.3) is 0 Å². The first-order valence-corrected chi connectivity index (χ1v) is 9.55. The number of hydrogen-bond acceptors (Lipinski definition) is 5. The number of aromatic nitrogens is 3. The van der Waals surface area contributed by atoms with Gasteiger partial charge in [-0.25, -0.2) is 9.50 Å². The Hall–Kier alpha value is -2.90. The number of imidazole rings is 1. The van der Waals surface area contributed by atoms with Gasteiger partial charge >= 0.3 is 0 Å². The summed E-state index contributed by atoms with van der Waals surface area (Å²) in [5.74, 6) is 0.115. The van der Waals surface area contributed by atoms with E-state index in [9.17, 15) is 4.79 Å². The quantitative estimate of drug-likeness (QED) is 0.559. The van der Waals surface area contributed by atoms with Gasteiger partial charge in [0.05, 0.1) is 18.3 Å². The van der Waals surface area contributed by atoms with Gasteiger partial charge in [0.1, 0.15) is 0 Å². The highest BCUT2D eigenvalue weighted by Crippen LogP contribution is 2.32. The van der Waals surface area contributed by atoms with Gasteiger partial charge in [-0.3, -0.25) is 4.79 Å². The summed E-state index contributed by atoms with van der Waals surface area (Å²) in [7, 11) is 1.80. The molecule has 1 N–H and O–H groups in total. The van der Waals surface area contributed by atoms with Crippen LogP contribution in [0.1, 0.15) is 5.56 Å². The standard InChI is InChI=1S/C19H14ClN5OS/c1-24-16-7-6-14(8-12(16)9-17(24)26)21-18-23-25-10-15(22-19(25)27-18)11-2-4-13(20)5-3-11/h2-8,10H,9H2,1H3,(H,21,23). The van der Waals surface area contributed by atoms with E-state index in [0.29, 0.717) is 11.4 Å². The molecule has 0 spiro atoms. The lowest BCUT2D eigenvalue weighted by Gasteiger charge is -2.10. The van der Waals surface area contributed by atoms with Crippen LogP contribution in [0, 0.1) is 0 Å². The molecule has 0 radical (unpaired) electrons. The van der Waals surface area contributed by atoms with Gasteiger partial charge in [0.15, 0.2) is 0 Å². The monoisotopic (exact) mass is 395 g/mol. The molecule has 2 aromatic heterocycles. The number of nitrogens with one attached hydrogen (secondary N) is 1. The molecule has 27 heavy (non-hydrogen) atoms. The number of carbonyl (C=O) groups excluding carboxylic acids is 1. The third kappa shape index (κ3) is 2.85. The Morgan fingerprint density at radius 3 is 2.78 bits per heavy atom. The van der Waals surface area contributed by atoms with Crippen molar-refractivity contribution in [3.05, 3.63) is 59.2 Å². The van der Waals surface area contributed by atoms with Crippen LogP contribution in [0.4, 0.5) is 16.5 Å². The maximum Gasteiger partial charge on any atom is 0.231 e. The van der Waals surface area contributed by atoms with E-state index in [0.717, 1.165) is 38.3 Å². The zero-order chi connectivity index (χ0) is 18.5. The Balaban J connectivity index is 1.40. The minimum absolute atomic E-state index is 0.115. The highest BCUT2D eigenvalue weighted by molar-refractivity contribution is 7.20. The number of likely N-dealkylation sites (N-methyl/N-ethyl adjacent to an activating group) is 1. The molecule has 2 aromatic carbocycles. The Bertz CT molecular complexity index is 1150. The van der Waals surface area contributed by atoms with Crippen LogP contribution in [0.3, 0.4) is 0 Å². The molecular weight excluding hydrogens is 382 g/mol. The van der Waals surface area contributed by atoms with E-state index < -0.39 is 0 Å². The number of benzene rings is 2. The summed E-state index contributed by atoms with van der Waals surface area (Å²) in [4.78, 5) is 19.0. The zero-order valence-corrected chi connectivity index (χ0v) is 15.9. The normalized spacial score (nSPS) is 13.4. The van der Waals surface area contributed by atoms with Crippen LogP contribution in [0.15, 0.2) is 48.7 Å². The third-order valence-corrected chi connectivity index (χ3v) is 5.68. The average molecular weight is 396 g/mol. The molecule has 1 amide bonds. The van der Waals surface area contributed by atoms with Crippen molar-refractivity contribution < 1.29 is 4.79 Å². The first-order chi connectivity index (χ1) is 13.1. The lowest BCUT2D eigenvalue weighted by Crippen LogP contribution is -2.20. The maximum absolute atomic E-state index is 11.8. The van der Waals surface area contributed by atoms with Crippen molar-refractivity contribution in [2.24, 2.45) is 0 Å². The van der Waals surface area contributed by atoms with E-state index in [2.05, 4.69) is 15.4 Å². The second-order valence-corrected chi connectivity index (χ2v) is 7.76. The van der Waals surface area contributed by atoms with Crippen molar-refractivity contribution in [2.45, 2.75) is 6.42 Å². The second kappa shape index (κ2) is 6.07. The van der Waals surface area contributed by atoms with Crippen LogP contribution >= 0.6 is 22.9 Å². The molecule has 5 rings (SSSR count). The van der Waals surface area contributed by atoms with Crippen molar-refractivity contribution in [1.29, 1.82) is 0 Å². The van der Waals surface area contributed by atoms with Gasteiger partial charge in [0, 0.05) is 29.0 Å². The highest BCUT2D eigenvalue weighted by atomic mass is 35.5. The first-order valence-electron chi connectivity index (χ1n) is 8.35. The molecule has 134 valence electrons. The molecule has 3 heterocycles. The molecule has 0 saturated heterocycles. The molecule has 8 heteroatoms. The Morgan fingerprint density at radius 1 is 1.19 bits per heavy atom. The maximum atomic E-state index is 11.8. The van der Waals surface area contributed by atoms with Crippen LogP contribution in [0.2, 0.25) is 5.02 Å². The SMILES string of the molecule is CN1C(=O)Cc2cc(Nc3nn4cc(-c5ccc(Cl)cc5)nc4s3)ccc21. The van der Waals surface area contributed by atoms with Crippen LogP contribution in [-0.2, 0) is 11.2 Å². The minimum Gasteiger partial charge on any atom is -0.330 e. The molecule has 0 bridgehead atoms. The molecule has 0 atom stereocenters. The fourth-order valence-electron chi connectivity index (χ4n) is 3.18. The number of carbonyl (C=O) groups is 1. The largest absolute Gasteiger partial charge is 0.330 e. The summed E-state index contributed by atoms with van der Waals surface area (Å²) in [6, 6.07) is 13.5. The predicted octanol–water partition coefficient (Wildman–Crippen LogP) is 4.37. The van der Waals surface area contributed by atoms with Crippen molar-refractivity contribution in [3.63, 3.8) is 0 Å². The zero-order valence-electron chi connectivity index (χ0n) is 14.3. The molecule has 0 saturated carbocycles.